The van der Waals surface area contributed by atoms with E-state index in [0.29, 0.717) is 17.8 Å². The van der Waals surface area contributed by atoms with Crippen molar-refractivity contribution in [2.45, 2.75) is 6.54 Å². The molecule has 0 aliphatic rings. The number of nitrogens with one attached hydrogen (secondary N) is 2. The highest BCUT2D eigenvalue weighted by Gasteiger charge is 2.02. The minimum atomic E-state index is -0.607. The quantitative estimate of drug-likeness (QED) is 0.902. The zero-order valence-electron chi connectivity index (χ0n) is 11.3. The summed E-state index contributed by atoms with van der Waals surface area (Å²) >= 11 is 0. The molecule has 0 atom stereocenters. The first-order chi connectivity index (χ1) is 10.1. The zero-order valence-corrected chi connectivity index (χ0v) is 11.3. The van der Waals surface area contributed by atoms with Gasteiger partial charge in [0.2, 0.25) is 0 Å². The first-order valence-corrected chi connectivity index (χ1v) is 6.20. The first kappa shape index (κ1) is 14.8. The Kier molecular flexibility index (Phi) is 4.71. The number of amides is 1. The van der Waals surface area contributed by atoms with Gasteiger partial charge in [0.05, 0.1) is 7.11 Å². The van der Waals surface area contributed by atoms with Gasteiger partial charge in [0, 0.05) is 24.0 Å². The lowest BCUT2D eigenvalue weighted by Crippen LogP contribution is -2.10. The van der Waals surface area contributed by atoms with Gasteiger partial charge in [-0.1, -0.05) is 0 Å². The predicted octanol–water partition coefficient (Wildman–Crippen LogP) is 3.76. The molecule has 0 saturated carbocycles. The van der Waals surface area contributed by atoms with Crippen LogP contribution >= 0.6 is 0 Å². The highest BCUT2D eigenvalue weighted by Crippen LogP contribution is 2.15. The Balaban J connectivity index is 1.95. The maximum Gasteiger partial charge on any atom is 0.411 e. The first-order valence-electron chi connectivity index (χ1n) is 6.20. The van der Waals surface area contributed by atoms with Crippen LogP contribution in [0.5, 0.6) is 0 Å². The lowest BCUT2D eigenvalue weighted by molar-refractivity contribution is 0.187. The summed E-state index contributed by atoms with van der Waals surface area (Å²) < 4.78 is 30.6. The van der Waals surface area contributed by atoms with E-state index >= 15 is 0 Å². The van der Waals surface area contributed by atoms with Crippen LogP contribution in [0.25, 0.3) is 0 Å². The summed E-state index contributed by atoms with van der Waals surface area (Å²) in [5.41, 5.74) is 1.85. The maximum absolute atomic E-state index is 13.0. The molecule has 0 aromatic heterocycles. The summed E-state index contributed by atoms with van der Waals surface area (Å²) in [6.45, 7) is 0.290. The summed E-state index contributed by atoms with van der Waals surface area (Å²) in [7, 11) is 1.28. The molecule has 2 aromatic rings. The van der Waals surface area contributed by atoms with Gasteiger partial charge in [-0.3, -0.25) is 5.32 Å². The lowest BCUT2D eigenvalue weighted by atomic mass is 10.2. The molecule has 4 nitrogen and oxygen atoms in total. The average molecular weight is 292 g/mol. The SMILES string of the molecule is COC(=O)Nc1ccc(NCc2cc(F)cc(F)c2)cc1. The van der Waals surface area contributed by atoms with Gasteiger partial charge in [0.15, 0.2) is 0 Å². The normalized spacial score (nSPS) is 10.0. The van der Waals surface area contributed by atoms with Gasteiger partial charge >= 0.3 is 6.09 Å². The fourth-order valence-corrected chi connectivity index (χ4v) is 1.76. The molecule has 2 rings (SSSR count). The molecule has 0 spiro atoms. The molecule has 0 fully saturated rings. The van der Waals surface area contributed by atoms with E-state index in [-0.39, 0.29) is 0 Å². The molecule has 0 aliphatic carbocycles. The third-order valence-electron chi connectivity index (χ3n) is 2.74. The summed E-state index contributed by atoms with van der Waals surface area (Å²) in [4.78, 5) is 11.0. The smallest absolute Gasteiger partial charge is 0.411 e. The van der Waals surface area contributed by atoms with E-state index in [1.165, 1.54) is 19.2 Å². The Bertz CT molecular complexity index is 610. The number of carbonyl (C=O) groups is 1. The number of halogens is 2. The number of rotatable bonds is 4. The molecule has 2 aromatic carbocycles. The van der Waals surface area contributed by atoms with E-state index in [1.54, 1.807) is 24.3 Å². The molecule has 21 heavy (non-hydrogen) atoms. The molecule has 1 amide bonds. The van der Waals surface area contributed by atoms with E-state index in [1.807, 2.05) is 0 Å². The van der Waals surface area contributed by atoms with Crippen molar-refractivity contribution in [3.63, 3.8) is 0 Å². The van der Waals surface area contributed by atoms with Crippen molar-refractivity contribution in [2.75, 3.05) is 17.7 Å². The molecule has 0 aliphatic heterocycles. The number of carbonyl (C=O) groups excluding carboxylic acids is 1. The van der Waals surface area contributed by atoms with Gasteiger partial charge < -0.3 is 10.1 Å². The Hall–Kier alpha value is -2.63. The number of methoxy groups -OCH3 is 1. The van der Waals surface area contributed by atoms with Crippen molar-refractivity contribution in [3.05, 3.63) is 59.7 Å². The van der Waals surface area contributed by atoms with E-state index in [2.05, 4.69) is 15.4 Å². The lowest BCUT2D eigenvalue weighted by Gasteiger charge is -2.08. The summed E-state index contributed by atoms with van der Waals surface area (Å²) in [5.74, 6) is -1.21. The van der Waals surface area contributed by atoms with Crippen LogP contribution in [-0.2, 0) is 11.3 Å². The van der Waals surface area contributed by atoms with Crippen LogP contribution in [0.4, 0.5) is 25.0 Å². The Morgan fingerprint density at radius 2 is 1.62 bits per heavy atom. The van der Waals surface area contributed by atoms with Crippen LogP contribution in [0, 0.1) is 11.6 Å². The van der Waals surface area contributed by atoms with E-state index < -0.39 is 17.7 Å². The molecule has 110 valence electrons. The van der Waals surface area contributed by atoms with Crippen molar-refractivity contribution in [3.8, 4) is 0 Å². The van der Waals surface area contributed by atoms with Crippen molar-refractivity contribution < 1.29 is 18.3 Å². The highest BCUT2D eigenvalue weighted by molar-refractivity contribution is 5.84. The number of hydrogen-bond acceptors (Lipinski definition) is 3. The third-order valence-corrected chi connectivity index (χ3v) is 2.74. The van der Waals surface area contributed by atoms with Crippen LogP contribution in [0.15, 0.2) is 42.5 Å². The second-order valence-corrected chi connectivity index (χ2v) is 4.33. The van der Waals surface area contributed by atoms with E-state index in [9.17, 15) is 13.6 Å². The molecule has 0 radical (unpaired) electrons. The second-order valence-electron chi connectivity index (χ2n) is 4.33. The largest absolute Gasteiger partial charge is 0.453 e. The number of hydrogen-bond donors (Lipinski definition) is 2. The predicted molar refractivity (Wildman–Crippen MR) is 76.2 cm³/mol. The maximum atomic E-state index is 13.0. The van der Waals surface area contributed by atoms with Gasteiger partial charge in [-0.2, -0.15) is 0 Å². The fraction of sp³-hybridized carbons (Fsp3) is 0.133. The molecule has 0 bridgehead atoms. The minimum absolute atomic E-state index is 0.290. The molecule has 0 saturated heterocycles. The number of anilines is 2. The van der Waals surface area contributed by atoms with E-state index in [4.69, 9.17) is 0 Å². The van der Waals surface area contributed by atoms with Crippen molar-refractivity contribution >= 4 is 17.5 Å². The summed E-state index contributed by atoms with van der Waals surface area (Å²) in [6, 6.07) is 10.2. The number of ether oxygens (including phenoxy) is 1. The van der Waals surface area contributed by atoms with Gasteiger partial charge in [0.1, 0.15) is 11.6 Å². The Labute approximate surface area is 120 Å². The molecular formula is C15H14F2N2O2. The Morgan fingerprint density at radius 3 is 2.19 bits per heavy atom. The van der Waals surface area contributed by atoms with Crippen molar-refractivity contribution in [2.24, 2.45) is 0 Å². The Morgan fingerprint density at radius 1 is 1.05 bits per heavy atom. The average Bonchev–Trinajstić information content (AvgIpc) is 2.45. The molecule has 6 heteroatoms. The van der Waals surface area contributed by atoms with Gasteiger partial charge in [-0.05, 0) is 42.0 Å². The van der Waals surface area contributed by atoms with Gasteiger partial charge in [0.25, 0.3) is 0 Å². The monoisotopic (exact) mass is 292 g/mol. The molecule has 0 heterocycles. The second kappa shape index (κ2) is 6.69. The summed E-state index contributed by atoms with van der Waals surface area (Å²) in [6.07, 6.45) is -0.550. The highest BCUT2D eigenvalue weighted by atomic mass is 19.1. The van der Waals surface area contributed by atoms with Crippen molar-refractivity contribution in [1.82, 2.24) is 0 Å². The van der Waals surface area contributed by atoms with Crippen LogP contribution in [0.2, 0.25) is 0 Å². The van der Waals surface area contributed by atoms with Crippen LogP contribution in [0.3, 0.4) is 0 Å². The third kappa shape index (κ3) is 4.45. The minimum Gasteiger partial charge on any atom is -0.453 e. The molecule has 0 unspecified atom stereocenters. The van der Waals surface area contributed by atoms with Gasteiger partial charge in [-0.25, -0.2) is 13.6 Å². The van der Waals surface area contributed by atoms with Crippen LogP contribution in [-0.4, -0.2) is 13.2 Å². The standard InChI is InChI=1S/C15H14F2N2O2/c1-21-15(20)19-14-4-2-13(3-5-14)18-9-10-6-11(16)8-12(17)7-10/h2-8,18H,9H2,1H3,(H,19,20). The van der Waals surface area contributed by atoms with Crippen LogP contribution < -0.4 is 10.6 Å². The van der Waals surface area contributed by atoms with Gasteiger partial charge in [-0.15, -0.1) is 0 Å². The van der Waals surface area contributed by atoms with Crippen molar-refractivity contribution in [1.29, 1.82) is 0 Å². The van der Waals surface area contributed by atoms with Crippen LogP contribution in [0.1, 0.15) is 5.56 Å². The van der Waals surface area contributed by atoms with E-state index in [0.717, 1.165) is 11.8 Å². The molecular weight excluding hydrogens is 278 g/mol. The summed E-state index contributed by atoms with van der Waals surface area (Å²) in [5, 5.41) is 5.55. The fourth-order valence-electron chi connectivity index (χ4n) is 1.76. The molecule has 2 N–H and O–H groups in total. The topological polar surface area (TPSA) is 50.4 Å². The zero-order chi connectivity index (χ0) is 15.2. The number of benzene rings is 2.